The van der Waals surface area contributed by atoms with Crippen molar-refractivity contribution in [2.24, 2.45) is 39.8 Å². The number of aliphatic imine (C=N–C) groups is 1. The fourth-order valence-corrected chi connectivity index (χ4v) is 5.58. The Morgan fingerprint density at radius 2 is 0.938 bits per heavy atom. The Balaban J connectivity index is 4.90. The number of carbonyl (C=O) groups is 11. The van der Waals surface area contributed by atoms with E-state index in [1.54, 1.807) is 13.8 Å². The molecule has 0 rings (SSSR count). The van der Waals surface area contributed by atoms with E-state index in [1.807, 2.05) is 13.8 Å². The lowest BCUT2D eigenvalue weighted by molar-refractivity contribution is -0.133. The van der Waals surface area contributed by atoms with E-state index in [9.17, 15) is 52.7 Å². The van der Waals surface area contributed by atoms with Crippen molar-refractivity contribution in [1.82, 2.24) is 53.2 Å². The Kier molecular flexibility index (Phi) is 29.1. The molecule has 18 N–H and O–H groups in total. The van der Waals surface area contributed by atoms with E-state index in [2.05, 4.69) is 58.2 Å². The highest BCUT2D eigenvalue weighted by Crippen LogP contribution is 2.07. The highest BCUT2D eigenvalue weighted by Gasteiger charge is 2.26. The number of carbonyl (C=O) groups excluding carboxylic acids is 11. The molecule has 11 amide bonds. The van der Waals surface area contributed by atoms with Gasteiger partial charge in [0, 0.05) is 13.5 Å². The number of hydrogen-bond acceptors (Lipinski definition) is 14. The molecule has 0 spiro atoms. The maximum absolute atomic E-state index is 13.1. The molecule has 0 fully saturated rings. The summed E-state index contributed by atoms with van der Waals surface area (Å²) >= 11 is 0. The highest BCUT2D eigenvalue weighted by molar-refractivity contribution is 5.96. The fourth-order valence-electron chi connectivity index (χ4n) is 5.58. The summed E-state index contributed by atoms with van der Waals surface area (Å²) in [6.45, 7) is 7.73. The van der Waals surface area contributed by atoms with Crippen LogP contribution in [0.15, 0.2) is 4.99 Å². The average Bonchev–Trinajstić information content (AvgIpc) is 3.22. The van der Waals surface area contributed by atoms with Crippen molar-refractivity contribution in [2.45, 2.75) is 117 Å². The van der Waals surface area contributed by atoms with E-state index in [1.165, 1.54) is 13.8 Å². The second-order valence-corrected chi connectivity index (χ2v) is 15.9. The largest absolute Gasteiger partial charge is 0.370 e. The summed E-state index contributed by atoms with van der Waals surface area (Å²) in [6, 6.07) is -5.23. The van der Waals surface area contributed by atoms with Crippen LogP contribution < -0.4 is 76.1 Å². The van der Waals surface area contributed by atoms with E-state index >= 15 is 0 Å². The van der Waals surface area contributed by atoms with Gasteiger partial charge in [0.1, 0.15) is 24.2 Å². The Hall–Kier alpha value is -6.44. The summed E-state index contributed by atoms with van der Waals surface area (Å²) in [5, 5.41) is 24.0. The van der Waals surface area contributed by atoms with Crippen LogP contribution in [0.4, 0.5) is 0 Å². The monoisotopic (exact) mass is 926 g/mol. The topological polar surface area (TPSA) is 425 Å². The first-order chi connectivity index (χ1) is 30.4. The zero-order valence-corrected chi connectivity index (χ0v) is 38.2. The van der Waals surface area contributed by atoms with Gasteiger partial charge in [-0.05, 0) is 70.3 Å². The third-order valence-corrected chi connectivity index (χ3v) is 8.85. The third kappa shape index (κ3) is 28.8. The van der Waals surface area contributed by atoms with Gasteiger partial charge in [0.2, 0.25) is 65.0 Å². The minimum Gasteiger partial charge on any atom is -0.370 e. The molecule has 0 heterocycles. The minimum absolute atomic E-state index is 0.0662. The van der Waals surface area contributed by atoms with Crippen LogP contribution in [0, 0.1) is 11.8 Å². The molecule has 0 aliphatic carbocycles. The smallest absolute Gasteiger partial charge is 0.243 e. The number of nitrogens with one attached hydrogen (secondary N) is 10. The quantitative estimate of drug-likeness (QED) is 0.0175. The Morgan fingerprint density at radius 3 is 1.40 bits per heavy atom. The molecular formula is C39H71N15O11. The molecule has 0 saturated carbocycles. The van der Waals surface area contributed by atoms with Gasteiger partial charge in [-0.1, -0.05) is 27.7 Å². The minimum atomic E-state index is -1.12. The first-order valence-corrected chi connectivity index (χ1v) is 21.3. The molecule has 0 aliphatic rings. The van der Waals surface area contributed by atoms with Gasteiger partial charge in [-0.25, -0.2) is 0 Å². The van der Waals surface area contributed by atoms with Crippen molar-refractivity contribution < 1.29 is 52.7 Å². The molecule has 26 heteroatoms. The van der Waals surface area contributed by atoms with Gasteiger partial charge in [0.15, 0.2) is 5.96 Å². The first kappa shape index (κ1) is 58.6. The summed E-state index contributed by atoms with van der Waals surface area (Å²) in [7, 11) is 0. The van der Waals surface area contributed by atoms with Gasteiger partial charge < -0.3 is 70.8 Å². The van der Waals surface area contributed by atoms with Gasteiger partial charge in [0.25, 0.3) is 0 Å². The lowest BCUT2D eigenvalue weighted by atomic mass is 10.0. The molecule has 0 aromatic rings. The van der Waals surface area contributed by atoms with Crippen LogP contribution in [0.3, 0.4) is 0 Å². The molecule has 26 nitrogen and oxygen atoms in total. The molecule has 0 aromatic carbocycles. The Labute approximate surface area is 378 Å². The molecule has 0 aromatic heterocycles. The van der Waals surface area contributed by atoms with Crippen LogP contribution in [-0.2, 0) is 52.7 Å². The summed E-state index contributed by atoms with van der Waals surface area (Å²) in [5.41, 5.74) is 22.2. The van der Waals surface area contributed by atoms with Gasteiger partial charge in [0.05, 0.1) is 38.8 Å². The second kappa shape index (κ2) is 32.3. The number of hydrogen-bond donors (Lipinski definition) is 14. The van der Waals surface area contributed by atoms with Crippen LogP contribution in [-0.4, -0.2) is 147 Å². The van der Waals surface area contributed by atoms with E-state index < -0.39 is 122 Å². The summed E-state index contributed by atoms with van der Waals surface area (Å²) in [4.78, 5) is 140. The van der Waals surface area contributed by atoms with E-state index in [0.717, 1.165) is 0 Å². The van der Waals surface area contributed by atoms with Crippen molar-refractivity contribution in [3.8, 4) is 0 Å². The van der Waals surface area contributed by atoms with Crippen LogP contribution in [0.2, 0.25) is 0 Å². The normalized spacial score (nSPS) is 13.4. The first-order valence-electron chi connectivity index (χ1n) is 21.3. The number of unbranched alkanes of at least 4 members (excludes halogenated alkanes) is 1. The Bertz CT molecular complexity index is 1680. The van der Waals surface area contributed by atoms with Crippen molar-refractivity contribution in [2.75, 3.05) is 45.8 Å². The molecule has 0 radical (unpaired) electrons. The molecule has 0 bridgehead atoms. The molecule has 0 saturated heterocycles. The summed E-state index contributed by atoms with van der Waals surface area (Å²) in [6.07, 6.45) is 2.38. The van der Waals surface area contributed by atoms with E-state index in [4.69, 9.17) is 22.9 Å². The molecule has 0 aliphatic heterocycles. The summed E-state index contributed by atoms with van der Waals surface area (Å²) < 4.78 is 0. The highest BCUT2D eigenvalue weighted by atomic mass is 16.2. The maximum atomic E-state index is 13.1. The molecule has 5 atom stereocenters. The number of nitrogens with two attached hydrogens (primary N) is 4. The van der Waals surface area contributed by atoms with Crippen LogP contribution in [0.5, 0.6) is 0 Å². The third-order valence-electron chi connectivity index (χ3n) is 8.85. The van der Waals surface area contributed by atoms with E-state index in [-0.39, 0.29) is 55.9 Å². The molecular weight excluding hydrogens is 855 g/mol. The second-order valence-electron chi connectivity index (χ2n) is 15.9. The van der Waals surface area contributed by atoms with Crippen molar-refractivity contribution in [1.29, 1.82) is 0 Å². The zero-order chi connectivity index (χ0) is 49.6. The van der Waals surface area contributed by atoms with Crippen LogP contribution in [0.25, 0.3) is 0 Å². The van der Waals surface area contributed by atoms with Gasteiger partial charge in [-0.2, -0.15) is 0 Å². The molecule has 0 unspecified atom stereocenters. The number of amides is 11. The molecule has 368 valence electrons. The predicted octanol–water partition coefficient (Wildman–Crippen LogP) is -6.21. The van der Waals surface area contributed by atoms with E-state index in [0.29, 0.717) is 25.8 Å². The van der Waals surface area contributed by atoms with Crippen molar-refractivity contribution >= 4 is 70.9 Å². The average molecular weight is 926 g/mol. The van der Waals surface area contributed by atoms with Gasteiger partial charge in [-0.3, -0.25) is 63.0 Å². The van der Waals surface area contributed by atoms with Gasteiger partial charge in [-0.15, -0.1) is 0 Å². The molecule has 65 heavy (non-hydrogen) atoms. The lowest BCUT2D eigenvalue weighted by Gasteiger charge is -2.22. The summed E-state index contributed by atoms with van der Waals surface area (Å²) in [5.74, 6) is -7.75. The maximum Gasteiger partial charge on any atom is 0.243 e. The number of rotatable bonds is 31. The SMILES string of the molecule is CC(=O)NC(N)=NCCC[C@H](N)C(=O)NCC(=O)N[C@@H](C)C(=O)NCC(=O)NCC(=O)N[C@@H](CC(C)C)C(=O)NCC(=O)N[C@@H](CC(C)C)C(=O)NCC(=O)N[C@@H](CCCCN)C(N)=O. The van der Waals surface area contributed by atoms with Crippen LogP contribution >= 0.6 is 0 Å². The lowest BCUT2D eigenvalue weighted by Crippen LogP contribution is -2.54. The van der Waals surface area contributed by atoms with Crippen LogP contribution in [0.1, 0.15) is 86.5 Å². The Morgan fingerprint density at radius 1 is 0.508 bits per heavy atom. The number of primary amides is 1. The van der Waals surface area contributed by atoms with Crippen molar-refractivity contribution in [3.63, 3.8) is 0 Å². The number of guanidine groups is 1. The predicted molar refractivity (Wildman–Crippen MR) is 237 cm³/mol. The van der Waals surface area contributed by atoms with Crippen molar-refractivity contribution in [3.05, 3.63) is 0 Å². The number of nitrogens with zero attached hydrogens (tertiary/aromatic N) is 1. The van der Waals surface area contributed by atoms with Gasteiger partial charge >= 0.3 is 0 Å². The standard InChI is InChI=1S/C39H71N15O11/c1-21(2)14-27(37(64)49-20-33(60)54-28(15-22(3)4)38(65)48-19-32(59)52-26(34(42)61)11-7-8-12-40)53-31(58)17-45-29(56)16-46-35(62)23(5)50-30(57)18-47-36(63)25(41)10-9-13-44-39(43)51-24(6)55/h21-23,25-28H,7-20,40-41H2,1-6H3,(H2,42,61)(H,45,56)(H,46,62)(H,47,63)(H,48,65)(H,49,64)(H,50,57)(H,52,59)(H,53,58)(H,54,60)(H3,43,44,51,55)/t23-,25-,26-,27-,28-/m0/s1. The fraction of sp³-hybridized carbons (Fsp3) is 0.692. The zero-order valence-electron chi connectivity index (χ0n) is 38.2.